The molecule has 0 saturated heterocycles. The van der Waals surface area contributed by atoms with Crippen LogP contribution < -0.4 is 14.4 Å². The fraction of sp³-hybridized carbons (Fsp3) is 0.0256. The van der Waals surface area contributed by atoms with Crippen LogP contribution in [0, 0.1) is 11.6 Å². The molecule has 6 heteroatoms. The highest BCUT2D eigenvalue weighted by atomic mass is 19.1. The van der Waals surface area contributed by atoms with Crippen LogP contribution in [0.4, 0.5) is 25.8 Å². The average molecular weight is 1090 g/mol. The summed E-state index contributed by atoms with van der Waals surface area (Å²) < 4.78 is 50.0. The van der Waals surface area contributed by atoms with Gasteiger partial charge in [0.2, 0.25) is 0 Å². The van der Waals surface area contributed by atoms with Gasteiger partial charge in [-0.2, -0.15) is 0 Å². The number of rotatable bonds is 13. The predicted octanol–water partition coefficient (Wildman–Crippen LogP) is 20.9. The monoisotopic (exact) mass is 1090 g/mol. The van der Waals surface area contributed by atoms with E-state index in [1.54, 1.807) is 24.3 Å². The van der Waals surface area contributed by atoms with Crippen LogP contribution in [-0.2, 0) is 10.8 Å². The molecule has 1 heterocycles. The number of furan rings is 1. The Morgan fingerprint density at radius 3 is 1.14 bits per heavy atom. The van der Waals surface area contributed by atoms with E-state index < -0.39 is 10.8 Å². The second-order valence-corrected chi connectivity index (χ2v) is 21.5. The molecule has 0 bridgehead atoms. The molecule has 400 valence electrons. The second kappa shape index (κ2) is 20.0. The van der Waals surface area contributed by atoms with Crippen LogP contribution in [0.2, 0.25) is 0 Å². The van der Waals surface area contributed by atoms with E-state index >= 15 is 8.78 Å². The third kappa shape index (κ3) is 8.01. The molecule has 12 aromatic carbocycles. The predicted molar refractivity (Wildman–Crippen MR) is 336 cm³/mol. The molecule has 0 amide bonds. The molecule has 4 nitrogen and oxygen atoms in total. The Bertz CT molecular complexity index is 4460. The summed E-state index contributed by atoms with van der Waals surface area (Å²) in [7, 11) is 0. The summed E-state index contributed by atoms with van der Waals surface area (Å²) in [5.41, 5.74) is 16.7. The van der Waals surface area contributed by atoms with Crippen LogP contribution in [0.5, 0.6) is 23.0 Å². The lowest BCUT2D eigenvalue weighted by Crippen LogP contribution is -2.29. The number of nitrogens with zero attached hydrogens (tertiary/aromatic N) is 1. The van der Waals surface area contributed by atoms with Gasteiger partial charge in [0.25, 0.3) is 0 Å². The Morgan fingerprint density at radius 2 is 0.690 bits per heavy atom. The van der Waals surface area contributed by atoms with Gasteiger partial charge in [-0.15, -0.1) is 0 Å². The van der Waals surface area contributed by atoms with Gasteiger partial charge in [-0.1, -0.05) is 177 Å². The first kappa shape index (κ1) is 50.2. The summed E-state index contributed by atoms with van der Waals surface area (Å²) in [5, 5.41) is 2.05. The van der Waals surface area contributed by atoms with E-state index in [4.69, 9.17) is 13.9 Å². The van der Waals surface area contributed by atoms with Gasteiger partial charge in [0.15, 0.2) is 0 Å². The quantitative estimate of drug-likeness (QED) is 0.115. The molecule has 0 radical (unpaired) electrons. The van der Waals surface area contributed by atoms with Gasteiger partial charge in [-0.25, -0.2) is 8.78 Å². The first-order valence-corrected chi connectivity index (χ1v) is 28.0. The van der Waals surface area contributed by atoms with E-state index in [9.17, 15) is 0 Å². The zero-order valence-electron chi connectivity index (χ0n) is 45.5. The number of hydrogen-bond acceptors (Lipinski definition) is 4. The van der Waals surface area contributed by atoms with Crippen molar-refractivity contribution in [3.63, 3.8) is 0 Å². The van der Waals surface area contributed by atoms with Gasteiger partial charge < -0.3 is 18.8 Å². The van der Waals surface area contributed by atoms with Crippen molar-refractivity contribution in [1.82, 2.24) is 0 Å². The molecule has 2 atom stereocenters. The van der Waals surface area contributed by atoms with Crippen LogP contribution in [0.3, 0.4) is 0 Å². The van der Waals surface area contributed by atoms with Crippen molar-refractivity contribution in [3.8, 4) is 45.3 Å². The highest BCUT2D eigenvalue weighted by molar-refractivity contribution is 6.06. The summed E-state index contributed by atoms with van der Waals surface area (Å²) in [6, 6.07) is 91.3. The van der Waals surface area contributed by atoms with Crippen LogP contribution in [0.15, 0.2) is 291 Å². The SMILES string of the molecule is C=Cc1ccc(Oc2ccc(C3(c4ccc(F)cc4)c4ccccc4-c4ccc(N(c5ccc6c(c5)C(c5ccc(F)cc5)(c5ccc(Oc7ccc(C=C)cc7)cc5)c5ccccc5-6)c5ccc6c(c5)oc5ccccc56)cc43)cc2)cc1. The van der Waals surface area contributed by atoms with Gasteiger partial charge in [0.05, 0.1) is 10.8 Å². The third-order valence-corrected chi connectivity index (χ3v) is 17.0. The van der Waals surface area contributed by atoms with Crippen molar-refractivity contribution in [1.29, 1.82) is 0 Å². The summed E-state index contributed by atoms with van der Waals surface area (Å²) in [6.07, 6.45) is 3.62. The third-order valence-electron chi connectivity index (χ3n) is 17.0. The zero-order valence-corrected chi connectivity index (χ0v) is 45.5. The lowest BCUT2D eigenvalue weighted by atomic mass is 9.67. The Balaban J connectivity index is 0.946. The van der Waals surface area contributed by atoms with Crippen molar-refractivity contribution in [2.24, 2.45) is 0 Å². The van der Waals surface area contributed by atoms with Crippen molar-refractivity contribution in [3.05, 3.63) is 353 Å². The van der Waals surface area contributed by atoms with Gasteiger partial charge in [0.1, 0.15) is 45.8 Å². The summed E-state index contributed by atoms with van der Waals surface area (Å²) in [6.45, 7) is 7.81. The molecule has 15 rings (SSSR count). The molecule has 0 saturated carbocycles. The Morgan fingerprint density at radius 1 is 0.333 bits per heavy atom. The van der Waals surface area contributed by atoms with Crippen LogP contribution in [0.25, 0.3) is 56.3 Å². The molecule has 2 aliphatic rings. The minimum Gasteiger partial charge on any atom is -0.457 e. The largest absolute Gasteiger partial charge is 0.457 e. The van der Waals surface area contributed by atoms with Crippen molar-refractivity contribution in [2.75, 3.05) is 4.90 Å². The molecular weight excluding hydrogens is 1040 g/mol. The summed E-state index contributed by atoms with van der Waals surface area (Å²) in [4.78, 5) is 2.31. The Hall–Kier alpha value is -10.8. The maximum absolute atomic E-state index is 15.3. The van der Waals surface area contributed by atoms with E-state index in [2.05, 4.69) is 152 Å². The molecule has 1 aromatic heterocycles. The van der Waals surface area contributed by atoms with E-state index in [0.717, 1.165) is 117 Å². The fourth-order valence-corrected chi connectivity index (χ4v) is 13.3. The highest BCUT2D eigenvalue weighted by Gasteiger charge is 2.48. The minimum atomic E-state index is -0.906. The Labute approximate surface area is 485 Å². The van der Waals surface area contributed by atoms with Crippen molar-refractivity contribution >= 4 is 51.2 Å². The molecule has 0 spiro atoms. The molecular formula is C78H51F2NO3. The highest BCUT2D eigenvalue weighted by Crippen LogP contribution is 2.60. The maximum atomic E-state index is 15.3. The van der Waals surface area contributed by atoms with E-state index in [1.807, 2.05) is 127 Å². The minimum absolute atomic E-state index is 0.318. The smallest absolute Gasteiger partial charge is 0.137 e. The molecule has 2 unspecified atom stereocenters. The standard InChI is InChI=1S/C78H51F2NO3/c1-3-50-17-36-61(37-18-50)82-63-40-25-54(26-41-63)77(52-21-29-56(79)30-22-52)71-14-8-5-11-65(71)67-44-33-58(47-73(67)77)81(60-35-46-70-69-13-7-10-16-75(69)84-76(70)49-60)59-34-45-68-66-12-6-9-15-72(66)78(74(68)48-59,53-23-31-57(80)32-24-53)55-27-42-64(43-28-55)83-62-38-19-51(4-2)20-39-62/h3-49H,1-2H2. The molecule has 13 aromatic rings. The normalized spacial score (nSPS) is 15.5. The summed E-state index contributed by atoms with van der Waals surface area (Å²) >= 11 is 0. The Kier molecular flexibility index (Phi) is 12.0. The van der Waals surface area contributed by atoms with E-state index in [0.29, 0.717) is 23.0 Å². The van der Waals surface area contributed by atoms with Gasteiger partial charge in [0, 0.05) is 33.9 Å². The van der Waals surface area contributed by atoms with Gasteiger partial charge in [-0.3, -0.25) is 0 Å². The lowest BCUT2D eigenvalue weighted by molar-refractivity contribution is 0.482. The molecule has 0 aliphatic heterocycles. The lowest BCUT2D eigenvalue weighted by Gasteiger charge is -2.36. The fourth-order valence-electron chi connectivity index (χ4n) is 13.3. The van der Waals surface area contributed by atoms with Crippen LogP contribution in [-0.4, -0.2) is 0 Å². The first-order valence-electron chi connectivity index (χ1n) is 28.0. The summed E-state index contributed by atoms with van der Waals surface area (Å²) in [5.74, 6) is 2.15. The van der Waals surface area contributed by atoms with E-state index in [-0.39, 0.29) is 11.6 Å². The maximum Gasteiger partial charge on any atom is 0.137 e. The number of para-hydroxylation sites is 1. The number of fused-ring (bicyclic) bond motifs is 9. The number of benzene rings is 12. The van der Waals surface area contributed by atoms with Crippen molar-refractivity contribution < 1.29 is 22.7 Å². The zero-order chi connectivity index (χ0) is 56.5. The van der Waals surface area contributed by atoms with E-state index in [1.165, 1.54) is 0 Å². The second-order valence-electron chi connectivity index (χ2n) is 21.5. The topological polar surface area (TPSA) is 34.8 Å². The molecule has 0 N–H and O–H groups in total. The molecule has 2 aliphatic carbocycles. The van der Waals surface area contributed by atoms with Gasteiger partial charge >= 0.3 is 0 Å². The number of hydrogen-bond donors (Lipinski definition) is 0. The number of halogens is 2. The molecule has 0 fully saturated rings. The van der Waals surface area contributed by atoms with Crippen LogP contribution in [0.1, 0.15) is 55.6 Å². The first-order chi connectivity index (χ1) is 41.3. The average Bonchev–Trinajstić information content (AvgIpc) is 1.75. The van der Waals surface area contributed by atoms with Gasteiger partial charge in [-0.05, 0) is 193 Å². The van der Waals surface area contributed by atoms with Crippen LogP contribution >= 0.6 is 0 Å². The number of anilines is 3. The molecule has 84 heavy (non-hydrogen) atoms. The van der Waals surface area contributed by atoms with Crippen molar-refractivity contribution in [2.45, 2.75) is 10.8 Å². The number of ether oxygens (including phenoxy) is 2.